The van der Waals surface area contributed by atoms with Crippen LogP contribution in [0, 0.1) is 6.92 Å². The Morgan fingerprint density at radius 2 is 1.85 bits per heavy atom. The Balaban J connectivity index is 1.87. The third-order valence-corrected chi connectivity index (χ3v) is 3.35. The number of carbonyl (C=O) groups is 2. The molecule has 0 unspecified atom stereocenters. The average Bonchev–Trinajstić information content (AvgIpc) is 2.62. The van der Waals surface area contributed by atoms with Gasteiger partial charge in [-0.05, 0) is 42.8 Å². The number of nitrogens with zero attached hydrogens (tertiary/aromatic N) is 1. The van der Waals surface area contributed by atoms with Gasteiger partial charge < -0.3 is 14.8 Å². The Labute approximate surface area is 152 Å². The first kappa shape index (κ1) is 19.0. The maximum absolute atomic E-state index is 11.8. The summed E-state index contributed by atoms with van der Waals surface area (Å²) in [7, 11) is 1.47. The normalized spacial score (nSPS) is 10.4. The number of rotatable bonds is 7. The van der Waals surface area contributed by atoms with Gasteiger partial charge in [-0.25, -0.2) is 5.43 Å². The number of hydrazone groups is 1. The van der Waals surface area contributed by atoms with Crippen LogP contribution >= 0.6 is 0 Å². The molecule has 0 bridgehead atoms. The smallest absolute Gasteiger partial charge is 0.308 e. The van der Waals surface area contributed by atoms with E-state index in [0.29, 0.717) is 17.1 Å². The summed E-state index contributed by atoms with van der Waals surface area (Å²) in [6, 6.07) is 12.7. The van der Waals surface area contributed by atoms with Gasteiger partial charge in [0.1, 0.15) is 0 Å². The molecule has 0 aliphatic heterocycles. The maximum atomic E-state index is 11.8. The minimum atomic E-state index is -0.432. The summed E-state index contributed by atoms with van der Waals surface area (Å²) in [6.45, 7) is 3.42. The lowest BCUT2D eigenvalue weighted by molar-refractivity contribution is -0.132. The zero-order chi connectivity index (χ0) is 18.9. The topological polar surface area (TPSA) is 89.0 Å². The monoisotopic (exact) mass is 355 g/mol. The quantitative estimate of drug-likeness (QED) is 0.345. The van der Waals surface area contributed by atoms with Crippen LogP contribution in [0.3, 0.4) is 0 Å². The number of aryl methyl sites for hydroxylation is 1. The van der Waals surface area contributed by atoms with E-state index in [-0.39, 0.29) is 12.5 Å². The van der Waals surface area contributed by atoms with Crippen molar-refractivity contribution in [3.05, 3.63) is 53.6 Å². The van der Waals surface area contributed by atoms with Crippen LogP contribution in [0.5, 0.6) is 11.5 Å². The van der Waals surface area contributed by atoms with Gasteiger partial charge in [-0.1, -0.05) is 17.7 Å². The molecule has 136 valence electrons. The molecule has 0 aliphatic rings. The molecule has 2 rings (SSSR count). The van der Waals surface area contributed by atoms with Gasteiger partial charge in [0.05, 0.1) is 19.9 Å². The number of benzene rings is 2. The van der Waals surface area contributed by atoms with Crippen LogP contribution in [0.4, 0.5) is 5.69 Å². The van der Waals surface area contributed by atoms with Gasteiger partial charge in [0, 0.05) is 12.6 Å². The summed E-state index contributed by atoms with van der Waals surface area (Å²) in [5, 5.41) is 6.92. The Morgan fingerprint density at radius 1 is 1.12 bits per heavy atom. The van der Waals surface area contributed by atoms with E-state index in [1.807, 2.05) is 31.2 Å². The Hall–Kier alpha value is -3.35. The highest BCUT2D eigenvalue weighted by Crippen LogP contribution is 2.27. The molecular weight excluding hydrogens is 334 g/mol. The highest BCUT2D eigenvalue weighted by Gasteiger charge is 2.07. The van der Waals surface area contributed by atoms with Crippen LogP contribution in [-0.2, 0) is 9.59 Å². The first-order valence-corrected chi connectivity index (χ1v) is 7.97. The molecule has 0 atom stereocenters. The van der Waals surface area contributed by atoms with Crippen molar-refractivity contribution < 1.29 is 19.1 Å². The van der Waals surface area contributed by atoms with Gasteiger partial charge >= 0.3 is 5.97 Å². The Morgan fingerprint density at radius 3 is 2.50 bits per heavy atom. The van der Waals surface area contributed by atoms with Crippen LogP contribution in [0.1, 0.15) is 18.1 Å². The van der Waals surface area contributed by atoms with Crippen molar-refractivity contribution in [2.24, 2.45) is 5.10 Å². The van der Waals surface area contributed by atoms with E-state index in [1.54, 1.807) is 18.2 Å². The number of nitrogens with one attached hydrogen (secondary N) is 2. The number of hydrogen-bond donors (Lipinski definition) is 2. The van der Waals surface area contributed by atoms with Gasteiger partial charge in [-0.15, -0.1) is 0 Å². The number of carbonyl (C=O) groups excluding carboxylic acids is 2. The van der Waals surface area contributed by atoms with E-state index in [9.17, 15) is 9.59 Å². The molecule has 2 aromatic rings. The molecule has 0 fully saturated rings. The van der Waals surface area contributed by atoms with Crippen molar-refractivity contribution in [1.29, 1.82) is 0 Å². The summed E-state index contributed by atoms with van der Waals surface area (Å²) >= 11 is 0. The second kappa shape index (κ2) is 9.22. The van der Waals surface area contributed by atoms with Crippen LogP contribution in [0.2, 0.25) is 0 Å². The molecule has 0 saturated carbocycles. The summed E-state index contributed by atoms with van der Waals surface area (Å²) < 4.78 is 10.2. The minimum Gasteiger partial charge on any atom is -0.493 e. The molecule has 7 heteroatoms. The van der Waals surface area contributed by atoms with Gasteiger partial charge in [0.2, 0.25) is 0 Å². The van der Waals surface area contributed by atoms with Crippen molar-refractivity contribution >= 4 is 23.8 Å². The molecule has 2 N–H and O–H groups in total. The summed E-state index contributed by atoms with van der Waals surface area (Å²) in [5.74, 6) is 0.0170. The third kappa shape index (κ3) is 5.94. The first-order valence-electron chi connectivity index (χ1n) is 7.97. The lowest BCUT2D eigenvalue weighted by Crippen LogP contribution is -2.25. The van der Waals surface area contributed by atoms with E-state index in [2.05, 4.69) is 15.8 Å². The van der Waals surface area contributed by atoms with Crippen LogP contribution < -0.4 is 20.2 Å². The van der Waals surface area contributed by atoms with E-state index >= 15 is 0 Å². The highest BCUT2D eigenvalue weighted by molar-refractivity contribution is 5.85. The number of anilines is 1. The lowest BCUT2D eigenvalue weighted by Gasteiger charge is -2.08. The standard InChI is InChI=1S/C19H21N3O4/c1-13-4-7-16(8-5-13)20-12-19(24)22-21-11-15-6-9-17(26-14(2)23)18(10-15)25-3/h4-11,20H,12H2,1-3H3,(H,22,24)/b21-11+. The fourth-order valence-corrected chi connectivity index (χ4v) is 2.08. The zero-order valence-electron chi connectivity index (χ0n) is 14.9. The maximum Gasteiger partial charge on any atom is 0.308 e. The molecule has 0 saturated heterocycles. The molecule has 0 aliphatic carbocycles. The number of esters is 1. The molecule has 0 radical (unpaired) electrons. The zero-order valence-corrected chi connectivity index (χ0v) is 14.9. The van der Waals surface area contributed by atoms with Crippen molar-refractivity contribution in [3.8, 4) is 11.5 Å². The van der Waals surface area contributed by atoms with E-state index in [1.165, 1.54) is 20.2 Å². The molecular formula is C19H21N3O4. The van der Waals surface area contributed by atoms with E-state index in [4.69, 9.17) is 9.47 Å². The van der Waals surface area contributed by atoms with Crippen molar-refractivity contribution in [2.75, 3.05) is 19.0 Å². The van der Waals surface area contributed by atoms with Crippen molar-refractivity contribution in [3.63, 3.8) is 0 Å². The SMILES string of the molecule is COc1cc(/C=N/NC(=O)CNc2ccc(C)cc2)ccc1OC(C)=O. The predicted octanol–water partition coefficient (Wildman–Crippen LogP) is 2.49. The predicted molar refractivity (Wildman–Crippen MR) is 99.7 cm³/mol. The van der Waals surface area contributed by atoms with Crippen LogP contribution in [-0.4, -0.2) is 31.7 Å². The molecule has 7 nitrogen and oxygen atoms in total. The van der Waals surface area contributed by atoms with Gasteiger partial charge in [0.15, 0.2) is 11.5 Å². The summed E-state index contributed by atoms with van der Waals surface area (Å²) in [4.78, 5) is 22.8. The first-order chi connectivity index (χ1) is 12.5. The van der Waals surface area contributed by atoms with Crippen molar-refractivity contribution in [2.45, 2.75) is 13.8 Å². The number of methoxy groups -OCH3 is 1. The fourth-order valence-electron chi connectivity index (χ4n) is 2.08. The van der Waals surface area contributed by atoms with E-state index in [0.717, 1.165) is 11.3 Å². The number of hydrogen-bond acceptors (Lipinski definition) is 6. The summed E-state index contributed by atoms with van der Waals surface area (Å²) in [5.41, 5.74) is 5.14. The second-order valence-corrected chi connectivity index (χ2v) is 5.52. The van der Waals surface area contributed by atoms with Gasteiger partial charge in [0.25, 0.3) is 5.91 Å². The molecule has 26 heavy (non-hydrogen) atoms. The largest absolute Gasteiger partial charge is 0.493 e. The lowest BCUT2D eigenvalue weighted by atomic mass is 10.2. The van der Waals surface area contributed by atoms with Crippen LogP contribution in [0.25, 0.3) is 0 Å². The third-order valence-electron chi connectivity index (χ3n) is 3.35. The Kier molecular flexibility index (Phi) is 6.73. The molecule has 1 amide bonds. The molecule has 0 aromatic heterocycles. The van der Waals surface area contributed by atoms with Crippen LogP contribution in [0.15, 0.2) is 47.6 Å². The highest BCUT2D eigenvalue weighted by atomic mass is 16.6. The van der Waals surface area contributed by atoms with E-state index < -0.39 is 5.97 Å². The molecule has 0 heterocycles. The van der Waals surface area contributed by atoms with Crippen molar-refractivity contribution in [1.82, 2.24) is 5.43 Å². The second-order valence-electron chi connectivity index (χ2n) is 5.52. The van der Waals surface area contributed by atoms with Gasteiger partial charge in [-0.2, -0.15) is 5.10 Å². The fraction of sp³-hybridized carbons (Fsp3) is 0.211. The number of amides is 1. The number of ether oxygens (including phenoxy) is 2. The minimum absolute atomic E-state index is 0.106. The molecule has 0 spiro atoms. The van der Waals surface area contributed by atoms with Gasteiger partial charge in [-0.3, -0.25) is 9.59 Å². The average molecular weight is 355 g/mol. The summed E-state index contributed by atoms with van der Waals surface area (Å²) in [6.07, 6.45) is 1.48. The molecule has 2 aromatic carbocycles. The Bertz CT molecular complexity index is 801.